The van der Waals surface area contributed by atoms with Crippen LogP contribution in [0.2, 0.25) is 0 Å². The van der Waals surface area contributed by atoms with Crippen molar-refractivity contribution in [2.75, 3.05) is 51.3 Å². The van der Waals surface area contributed by atoms with Crippen LogP contribution in [0.1, 0.15) is 23.2 Å². The number of nitrogens with zero attached hydrogens (tertiary/aromatic N) is 3. The van der Waals surface area contributed by atoms with Crippen molar-refractivity contribution in [1.82, 2.24) is 14.8 Å². The lowest BCUT2D eigenvalue weighted by molar-refractivity contribution is 0.0563. The number of amides is 1. The number of hydrogen-bond acceptors (Lipinski definition) is 4. The van der Waals surface area contributed by atoms with Crippen LogP contribution >= 0.6 is 0 Å². The maximum Gasteiger partial charge on any atom is 0.253 e. The van der Waals surface area contributed by atoms with Crippen molar-refractivity contribution in [2.45, 2.75) is 18.9 Å². The maximum absolute atomic E-state index is 13.2. The number of carbonyl (C=O) groups excluding carboxylic acids is 1. The third-order valence-electron chi connectivity index (χ3n) is 6.74. The van der Waals surface area contributed by atoms with E-state index in [4.69, 9.17) is 4.74 Å². The summed E-state index contributed by atoms with van der Waals surface area (Å²) in [5.41, 5.74) is 3.03. The maximum atomic E-state index is 13.2. The number of H-pyrrole nitrogens is 1. The first kappa shape index (κ1) is 19.9. The van der Waals surface area contributed by atoms with E-state index in [1.807, 2.05) is 42.6 Å². The molecule has 0 radical (unpaired) electrons. The van der Waals surface area contributed by atoms with Gasteiger partial charge in [-0.05, 0) is 49.2 Å². The Bertz CT molecular complexity index is 1050. The smallest absolute Gasteiger partial charge is 0.253 e. The number of piperazine rings is 1. The summed E-state index contributed by atoms with van der Waals surface area (Å²) in [6.45, 7) is 5.66. The van der Waals surface area contributed by atoms with E-state index >= 15 is 0 Å². The molecule has 6 heteroatoms. The Kier molecular flexibility index (Phi) is 5.55. The van der Waals surface area contributed by atoms with Gasteiger partial charge in [-0.2, -0.15) is 0 Å². The van der Waals surface area contributed by atoms with Crippen molar-refractivity contribution < 1.29 is 9.53 Å². The Morgan fingerprint density at radius 3 is 2.71 bits per heavy atom. The third kappa shape index (κ3) is 4.00. The number of benzene rings is 2. The number of piperidine rings is 1. The molecule has 3 heterocycles. The van der Waals surface area contributed by atoms with Gasteiger partial charge in [-0.15, -0.1) is 0 Å². The highest BCUT2D eigenvalue weighted by Gasteiger charge is 2.31. The zero-order valence-corrected chi connectivity index (χ0v) is 18.1. The predicted molar refractivity (Wildman–Crippen MR) is 124 cm³/mol. The molecule has 5 rings (SSSR count). The molecule has 0 bridgehead atoms. The Morgan fingerprint density at radius 1 is 1.03 bits per heavy atom. The lowest BCUT2D eigenvalue weighted by Gasteiger charge is -2.44. The van der Waals surface area contributed by atoms with Gasteiger partial charge in [0, 0.05) is 68.0 Å². The van der Waals surface area contributed by atoms with Crippen LogP contribution in [0.15, 0.2) is 54.7 Å². The molecule has 2 aliphatic rings. The molecule has 6 nitrogen and oxygen atoms in total. The van der Waals surface area contributed by atoms with Gasteiger partial charge in [0.2, 0.25) is 0 Å². The summed E-state index contributed by atoms with van der Waals surface area (Å²) in [7, 11) is 1.73. The number of ether oxygens (including phenoxy) is 1. The average Bonchev–Trinajstić information content (AvgIpc) is 3.32. The highest BCUT2D eigenvalue weighted by molar-refractivity contribution is 5.98. The molecule has 162 valence electrons. The van der Waals surface area contributed by atoms with E-state index in [1.54, 1.807) is 7.11 Å². The van der Waals surface area contributed by atoms with E-state index in [-0.39, 0.29) is 5.91 Å². The Hall–Kier alpha value is -2.99. The summed E-state index contributed by atoms with van der Waals surface area (Å²) < 4.78 is 5.54. The summed E-state index contributed by atoms with van der Waals surface area (Å²) in [6, 6.07) is 16.6. The second-order valence-electron chi connectivity index (χ2n) is 8.52. The molecule has 1 atom stereocenters. The lowest BCUT2D eigenvalue weighted by atomic mass is 10.0. The lowest BCUT2D eigenvalue weighted by Crippen LogP contribution is -2.55. The molecule has 2 aliphatic heterocycles. The number of nitrogens with one attached hydrogen (secondary N) is 1. The van der Waals surface area contributed by atoms with Gasteiger partial charge >= 0.3 is 0 Å². The Balaban J connectivity index is 1.22. The number of carbonyl (C=O) groups is 1. The minimum atomic E-state index is 0.153. The molecule has 2 saturated heterocycles. The van der Waals surface area contributed by atoms with E-state index in [0.29, 0.717) is 6.04 Å². The fourth-order valence-corrected chi connectivity index (χ4v) is 5.03. The van der Waals surface area contributed by atoms with Crippen LogP contribution in [0.3, 0.4) is 0 Å². The normalized spacial score (nSPS) is 20.2. The van der Waals surface area contributed by atoms with Gasteiger partial charge in [0.15, 0.2) is 0 Å². The SMILES string of the molecule is COc1ccccc1N1CCN([C@@H]2CCCN(C(=O)c3ccc4[nH]ccc4c3)C2)CC1. The second kappa shape index (κ2) is 8.63. The van der Waals surface area contributed by atoms with Gasteiger partial charge in [0.25, 0.3) is 5.91 Å². The first-order valence-electron chi connectivity index (χ1n) is 11.2. The zero-order chi connectivity index (χ0) is 21.2. The van der Waals surface area contributed by atoms with Crippen LogP contribution in [0.5, 0.6) is 5.75 Å². The molecule has 0 spiro atoms. The highest BCUT2D eigenvalue weighted by atomic mass is 16.5. The van der Waals surface area contributed by atoms with Crippen molar-refractivity contribution in [3.05, 3.63) is 60.3 Å². The number of aromatic nitrogens is 1. The summed E-state index contributed by atoms with van der Waals surface area (Å²) >= 11 is 0. The van der Waals surface area contributed by atoms with Crippen LogP contribution in [0, 0.1) is 0 Å². The number of likely N-dealkylation sites (tertiary alicyclic amines) is 1. The first-order valence-corrected chi connectivity index (χ1v) is 11.2. The number of aromatic amines is 1. The van der Waals surface area contributed by atoms with Gasteiger partial charge in [-0.3, -0.25) is 9.69 Å². The minimum absolute atomic E-state index is 0.153. The molecule has 0 aliphatic carbocycles. The highest BCUT2D eigenvalue weighted by Crippen LogP contribution is 2.29. The largest absolute Gasteiger partial charge is 0.495 e. The molecule has 3 aromatic rings. The molecular formula is C25H30N4O2. The molecule has 31 heavy (non-hydrogen) atoms. The van der Waals surface area contributed by atoms with E-state index in [9.17, 15) is 4.79 Å². The topological polar surface area (TPSA) is 51.8 Å². The monoisotopic (exact) mass is 418 g/mol. The molecule has 2 aromatic carbocycles. The number of hydrogen-bond donors (Lipinski definition) is 1. The van der Waals surface area contributed by atoms with Gasteiger partial charge < -0.3 is 19.5 Å². The van der Waals surface area contributed by atoms with E-state index in [2.05, 4.69) is 31.8 Å². The molecule has 1 amide bonds. The van der Waals surface area contributed by atoms with Gasteiger partial charge in [0.1, 0.15) is 5.75 Å². The van der Waals surface area contributed by atoms with E-state index in [1.165, 1.54) is 5.69 Å². The summed E-state index contributed by atoms with van der Waals surface area (Å²) in [4.78, 5) is 23.4. The average molecular weight is 419 g/mol. The number of anilines is 1. The number of para-hydroxylation sites is 2. The molecule has 0 saturated carbocycles. The second-order valence-corrected chi connectivity index (χ2v) is 8.52. The van der Waals surface area contributed by atoms with Crippen LogP contribution < -0.4 is 9.64 Å². The molecule has 1 N–H and O–H groups in total. The van der Waals surface area contributed by atoms with Crippen molar-refractivity contribution in [3.8, 4) is 5.75 Å². The Morgan fingerprint density at radius 2 is 1.87 bits per heavy atom. The van der Waals surface area contributed by atoms with E-state index < -0.39 is 0 Å². The van der Waals surface area contributed by atoms with Crippen molar-refractivity contribution in [3.63, 3.8) is 0 Å². The summed E-state index contributed by atoms with van der Waals surface area (Å²) in [5.74, 6) is 1.09. The fourth-order valence-electron chi connectivity index (χ4n) is 5.03. The van der Waals surface area contributed by atoms with Gasteiger partial charge in [-0.1, -0.05) is 12.1 Å². The van der Waals surface area contributed by atoms with Crippen molar-refractivity contribution >= 4 is 22.5 Å². The number of rotatable bonds is 4. The quantitative estimate of drug-likeness (QED) is 0.703. The van der Waals surface area contributed by atoms with Crippen LogP contribution in [0.4, 0.5) is 5.69 Å². The Labute approximate surface area is 183 Å². The number of fused-ring (bicyclic) bond motifs is 1. The molecule has 1 aromatic heterocycles. The van der Waals surface area contributed by atoms with Crippen LogP contribution in [-0.4, -0.2) is 73.1 Å². The zero-order valence-electron chi connectivity index (χ0n) is 18.1. The van der Waals surface area contributed by atoms with Crippen molar-refractivity contribution in [2.24, 2.45) is 0 Å². The molecule has 2 fully saturated rings. The third-order valence-corrected chi connectivity index (χ3v) is 6.74. The standard InChI is InChI=1S/C25H30N4O2/c1-31-24-7-3-2-6-23(24)28-15-13-27(14-16-28)21-5-4-12-29(18-21)25(30)20-8-9-22-19(17-20)10-11-26-22/h2-3,6-11,17,21,26H,4-5,12-16,18H2,1H3/t21-/m1/s1. The van der Waals surface area contributed by atoms with E-state index in [0.717, 1.165) is 74.3 Å². The van der Waals surface area contributed by atoms with Gasteiger partial charge in [-0.25, -0.2) is 0 Å². The van der Waals surface area contributed by atoms with Crippen LogP contribution in [-0.2, 0) is 0 Å². The fraction of sp³-hybridized carbons (Fsp3) is 0.400. The first-order chi connectivity index (χ1) is 15.2. The van der Waals surface area contributed by atoms with Crippen molar-refractivity contribution in [1.29, 1.82) is 0 Å². The van der Waals surface area contributed by atoms with Gasteiger partial charge in [0.05, 0.1) is 12.8 Å². The molecular weight excluding hydrogens is 388 g/mol. The summed E-state index contributed by atoms with van der Waals surface area (Å²) in [6.07, 6.45) is 4.14. The van der Waals surface area contributed by atoms with Crippen LogP contribution in [0.25, 0.3) is 10.9 Å². The molecule has 0 unspecified atom stereocenters. The minimum Gasteiger partial charge on any atom is -0.495 e. The summed E-state index contributed by atoms with van der Waals surface area (Å²) in [5, 5.41) is 1.09. The predicted octanol–water partition coefficient (Wildman–Crippen LogP) is 3.60. The number of methoxy groups -OCH3 is 1.